The van der Waals surface area contributed by atoms with Gasteiger partial charge in [-0.05, 0) is 102 Å². The molecule has 10 heteroatoms. The van der Waals surface area contributed by atoms with Gasteiger partial charge in [0.2, 0.25) is 5.91 Å². The molecule has 3 atom stereocenters. The number of likely N-dealkylation sites (N-methyl/N-ethyl adjacent to an activating group) is 1. The number of unbranched alkanes of at least 4 members (excludes halogenated alkanes) is 44. The number of amides is 1. The first-order valence-corrected chi connectivity index (χ1v) is 39.7. The van der Waals surface area contributed by atoms with Gasteiger partial charge in [-0.3, -0.25) is 14.2 Å². The second-order valence-corrected chi connectivity index (χ2v) is 28.6. The summed E-state index contributed by atoms with van der Waals surface area (Å²) in [6.07, 6.45) is 90.4. The smallest absolute Gasteiger partial charge is 0.306 e. The molecular weight excluding hydrogens is 1120 g/mol. The molecule has 0 aromatic heterocycles. The molecule has 3 unspecified atom stereocenters. The first kappa shape index (κ1) is 86.5. The molecule has 0 fully saturated rings. The number of phosphoric acid groups is 1. The molecule has 0 aromatic carbocycles. The number of hydrogen-bond donors (Lipinski definition) is 1. The number of phosphoric ester groups is 1. The van der Waals surface area contributed by atoms with Crippen molar-refractivity contribution in [3.05, 3.63) is 72.9 Å². The highest BCUT2D eigenvalue weighted by Crippen LogP contribution is 2.38. The van der Waals surface area contributed by atoms with E-state index in [1.807, 2.05) is 33.3 Å². The number of ether oxygens (including phenoxy) is 1. The van der Waals surface area contributed by atoms with Crippen LogP contribution in [0.5, 0.6) is 0 Å². The van der Waals surface area contributed by atoms with Crippen LogP contribution < -0.4 is 10.2 Å². The molecule has 520 valence electrons. The molecule has 89 heavy (non-hydrogen) atoms. The van der Waals surface area contributed by atoms with E-state index >= 15 is 0 Å². The van der Waals surface area contributed by atoms with E-state index in [4.69, 9.17) is 13.8 Å². The quantitative estimate of drug-likeness (QED) is 0.0212. The Kier molecular flexibility index (Phi) is 66.4. The summed E-state index contributed by atoms with van der Waals surface area (Å²) >= 11 is 0. The van der Waals surface area contributed by atoms with Crippen LogP contribution in [-0.2, 0) is 27.9 Å². The van der Waals surface area contributed by atoms with Crippen molar-refractivity contribution in [1.82, 2.24) is 5.32 Å². The summed E-state index contributed by atoms with van der Waals surface area (Å²) in [6.45, 7) is 6.83. The van der Waals surface area contributed by atoms with Gasteiger partial charge in [-0.2, -0.15) is 0 Å². The fraction of sp³-hybridized carbons (Fsp3) is 0.823. The Bertz CT molecular complexity index is 1750. The summed E-state index contributed by atoms with van der Waals surface area (Å²) in [6, 6.07) is -0.890. The normalized spacial score (nSPS) is 13.8. The summed E-state index contributed by atoms with van der Waals surface area (Å²) < 4.78 is 30.5. The summed E-state index contributed by atoms with van der Waals surface area (Å²) in [7, 11) is 1.19. The van der Waals surface area contributed by atoms with E-state index in [9.17, 15) is 19.0 Å². The van der Waals surface area contributed by atoms with Crippen LogP contribution in [0.4, 0.5) is 0 Å². The average Bonchev–Trinajstić information content (AvgIpc) is 3.71. The number of esters is 1. The maximum absolute atomic E-state index is 13.6. The summed E-state index contributed by atoms with van der Waals surface area (Å²) in [4.78, 5) is 40.3. The van der Waals surface area contributed by atoms with Gasteiger partial charge < -0.3 is 28.5 Å². The monoisotopic (exact) mass is 1270 g/mol. The van der Waals surface area contributed by atoms with Gasteiger partial charge in [0.25, 0.3) is 7.82 Å². The topological polar surface area (TPSA) is 114 Å². The van der Waals surface area contributed by atoms with Crippen molar-refractivity contribution < 1.29 is 37.3 Å². The fourth-order valence-corrected chi connectivity index (χ4v) is 11.9. The minimum atomic E-state index is -4.71. The van der Waals surface area contributed by atoms with Crippen molar-refractivity contribution in [2.75, 3.05) is 40.9 Å². The second-order valence-electron chi connectivity index (χ2n) is 27.1. The zero-order valence-corrected chi connectivity index (χ0v) is 60.5. The third kappa shape index (κ3) is 69.6. The Balaban J connectivity index is 4.91. The number of carbonyl (C=O) groups is 2. The van der Waals surface area contributed by atoms with E-state index in [0.717, 1.165) is 77.0 Å². The maximum atomic E-state index is 13.6. The summed E-state index contributed by atoms with van der Waals surface area (Å²) in [5.41, 5.74) is 0. The lowest BCUT2D eigenvalue weighted by Crippen LogP contribution is -2.47. The van der Waals surface area contributed by atoms with Gasteiger partial charge >= 0.3 is 5.97 Å². The van der Waals surface area contributed by atoms with Crippen LogP contribution in [0.25, 0.3) is 0 Å². The van der Waals surface area contributed by atoms with Gasteiger partial charge in [0, 0.05) is 12.8 Å². The van der Waals surface area contributed by atoms with E-state index in [-0.39, 0.29) is 31.5 Å². The standard InChI is InChI=1S/C79H147N2O7P/c1-7-10-13-16-19-22-25-27-29-31-33-35-37-39-40-42-44-46-48-50-52-54-57-60-63-66-69-72-79(83)88-77(70-67-64-61-58-55-24-21-18-15-12-9-3)76(75-87-89(84,85)86-74-73-81(4,5)6)80-78(82)71-68-65-62-59-56-53-51-49-47-45-43-41-38-36-34-32-30-28-26-23-20-17-14-11-8-2/h19-20,22-23,27-30,33,35,67,70,76-77H,7-18,21,24-26,31-32,34,36-66,68-69,71-75H2,1-6H3,(H-,80,82,84,85)/b22-19-,23-20-,29-27-,30-28-,35-33-,70-67+. The Morgan fingerprint density at radius 1 is 0.393 bits per heavy atom. The van der Waals surface area contributed by atoms with Crippen molar-refractivity contribution in [2.45, 2.75) is 380 Å². The van der Waals surface area contributed by atoms with E-state index in [2.05, 4.69) is 86.8 Å². The molecule has 1 N–H and O–H groups in total. The third-order valence-corrected chi connectivity index (χ3v) is 18.1. The Morgan fingerprint density at radius 2 is 0.685 bits per heavy atom. The maximum Gasteiger partial charge on any atom is 0.306 e. The largest absolute Gasteiger partial charge is 0.756 e. The van der Waals surface area contributed by atoms with Crippen molar-refractivity contribution in [1.29, 1.82) is 0 Å². The van der Waals surface area contributed by atoms with Crippen LogP contribution in [0, 0.1) is 0 Å². The molecule has 0 heterocycles. The summed E-state index contributed by atoms with van der Waals surface area (Å²) in [5, 5.41) is 3.05. The van der Waals surface area contributed by atoms with Crippen LogP contribution in [-0.4, -0.2) is 69.4 Å². The predicted molar refractivity (Wildman–Crippen MR) is 385 cm³/mol. The van der Waals surface area contributed by atoms with E-state index < -0.39 is 20.0 Å². The van der Waals surface area contributed by atoms with Gasteiger partial charge in [-0.15, -0.1) is 0 Å². The zero-order valence-electron chi connectivity index (χ0n) is 59.6. The number of hydrogen-bond acceptors (Lipinski definition) is 7. The third-order valence-electron chi connectivity index (χ3n) is 17.1. The highest BCUT2D eigenvalue weighted by molar-refractivity contribution is 7.45. The van der Waals surface area contributed by atoms with Crippen molar-refractivity contribution in [3.8, 4) is 0 Å². The molecule has 9 nitrogen and oxygen atoms in total. The molecular formula is C79H147N2O7P. The Morgan fingerprint density at radius 3 is 1.04 bits per heavy atom. The first-order chi connectivity index (χ1) is 43.4. The molecule has 0 bridgehead atoms. The van der Waals surface area contributed by atoms with Crippen LogP contribution in [0.3, 0.4) is 0 Å². The molecule has 0 saturated carbocycles. The molecule has 0 aromatic rings. The van der Waals surface area contributed by atoms with Gasteiger partial charge in [-0.25, -0.2) is 0 Å². The van der Waals surface area contributed by atoms with Crippen LogP contribution in [0.1, 0.15) is 367 Å². The zero-order chi connectivity index (χ0) is 64.9. The average molecular weight is 1270 g/mol. The van der Waals surface area contributed by atoms with E-state index in [0.29, 0.717) is 17.4 Å². The Labute approximate surface area is 553 Å². The molecule has 0 spiro atoms. The molecule has 1 amide bonds. The number of carbonyl (C=O) groups excluding carboxylic acids is 2. The fourth-order valence-electron chi connectivity index (χ4n) is 11.2. The van der Waals surface area contributed by atoms with E-state index in [1.54, 1.807) is 0 Å². The van der Waals surface area contributed by atoms with Gasteiger partial charge in [0.15, 0.2) is 0 Å². The lowest BCUT2D eigenvalue weighted by atomic mass is 10.0. The SMILES string of the molecule is CCCCC/C=C\C/C=C\C/C=C\CCCCCCCCCCCCCCCCC(=O)OC(/C=C/CCCCCCCCCCC)C(COP(=O)([O-])OCC[N+](C)(C)C)NC(=O)CCCCCCCCCCCCCCCCC/C=C\C/C=C\CCCCC. The highest BCUT2D eigenvalue weighted by atomic mass is 31.2. The Hall–Kier alpha value is -2.55. The molecule has 0 radical (unpaired) electrons. The van der Waals surface area contributed by atoms with Crippen molar-refractivity contribution in [3.63, 3.8) is 0 Å². The highest BCUT2D eigenvalue weighted by Gasteiger charge is 2.27. The molecule has 0 aliphatic carbocycles. The number of nitrogens with zero attached hydrogens (tertiary/aromatic N) is 1. The molecule has 0 rings (SSSR count). The van der Waals surface area contributed by atoms with Crippen LogP contribution >= 0.6 is 7.82 Å². The van der Waals surface area contributed by atoms with Gasteiger partial charge in [0.05, 0.1) is 33.8 Å². The summed E-state index contributed by atoms with van der Waals surface area (Å²) in [5.74, 6) is -0.528. The molecule has 0 aliphatic heterocycles. The molecule has 0 saturated heterocycles. The number of nitrogens with one attached hydrogen (secondary N) is 1. The first-order valence-electron chi connectivity index (χ1n) is 38.2. The van der Waals surface area contributed by atoms with E-state index in [1.165, 1.54) is 257 Å². The number of quaternary nitrogens is 1. The van der Waals surface area contributed by atoms with Gasteiger partial charge in [0.1, 0.15) is 19.3 Å². The van der Waals surface area contributed by atoms with Crippen LogP contribution in [0.15, 0.2) is 72.9 Å². The van der Waals surface area contributed by atoms with Crippen molar-refractivity contribution >= 4 is 19.7 Å². The number of rotatable bonds is 70. The lowest BCUT2D eigenvalue weighted by Gasteiger charge is -2.30. The van der Waals surface area contributed by atoms with Crippen molar-refractivity contribution in [2.24, 2.45) is 0 Å². The van der Waals surface area contributed by atoms with Crippen LogP contribution in [0.2, 0.25) is 0 Å². The molecule has 0 aliphatic rings. The second kappa shape index (κ2) is 68.3. The minimum absolute atomic E-state index is 0.0224. The lowest BCUT2D eigenvalue weighted by molar-refractivity contribution is -0.870. The minimum Gasteiger partial charge on any atom is -0.756 e. The van der Waals surface area contributed by atoms with Gasteiger partial charge in [-0.1, -0.05) is 325 Å². The number of allylic oxidation sites excluding steroid dienone is 11. The predicted octanol–water partition coefficient (Wildman–Crippen LogP) is 24.1.